The van der Waals surface area contributed by atoms with Crippen molar-refractivity contribution >= 4 is 11.4 Å². The average Bonchev–Trinajstić information content (AvgIpc) is 3.12. The molecule has 25 heavy (non-hydrogen) atoms. The Morgan fingerprint density at radius 2 is 1.68 bits per heavy atom. The second-order valence-corrected chi connectivity index (χ2v) is 5.34. The highest BCUT2D eigenvalue weighted by molar-refractivity contribution is 5.49. The fourth-order valence-electron chi connectivity index (χ4n) is 2.49. The molecule has 0 saturated carbocycles. The van der Waals surface area contributed by atoms with Crippen molar-refractivity contribution in [3.05, 3.63) is 71.8 Å². The Morgan fingerprint density at radius 1 is 1.08 bits per heavy atom. The van der Waals surface area contributed by atoms with Gasteiger partial charge in [0.25, 0.3) is 0 Å². The molecule has 8 heteroatoms. The number of benzene rings is 2. The first-order valence-electron chi connectivity index (χ1n) is 7.44. The normalized spacial score (nSPS) is 10.4. The summed E-state index contributed by atoms with van der Waals surface area (Å²) in [6, 6.07) is 11.1. The van der Waals surface area contributed by atoms with Gasteiger partial charge < -0.3 is 5.73 Å². The Morgan fingerprint density at radius 3 is 2.24 bits per heavy atom. The molecular formula is C17H14F2N6. The van der Waals surface area contributed by atoms with Crippen LogP contribution in [-0.4, -0.2) is 21.4 Å². The Bertz CT molecular complexity index is 877. The number of hydrogen-bond acceptors (Lipinski definition) is 5. The van der Waals surface area contributed by atoms with Crippen molar-refractivity contribution in [2.45, 2.75) is 6.42 Å². The van der Waals surface area contributed by atoms with Crippen LogP contribution in [0.5, 0.6) is 0 Å². The van der Waals surface area contributed by atoms with Gasteiger partial charge in [-0.1, -0.05) is 0 Å². The predicted octanol–water partition coefficient (Wildman–Crippen LogP) is 2.52. The van der Waals surface area contributed by atoms with Gasteiger partial charge >= 0.3 is 0 Å². The maximum Gasteiger partial charge on any atom is 0.139 e. The SMILES string of the molecule is N#Cc1ccc(N(CCc2c(F)cc(N)cc2F)n2cnnc2)cc1. The lowest BCUT2D eigenvalue weighted by molar-refractivity contribution is 0.550. The Labute approximate surface area is 142 Å². The van der Waals surface area contributed by atoms with E-state index >= 15 is 0 Å². The molecule has 0 bridgehead atoms. The Balaban J connectivity index is 1.88. The molecule has 3 aromatic rings. The molecule has 0 aliphatic rings. The van der Waals surface area contributed by atoms with Gasteiger partial charge in [-0.05, 0) is 42.8 Å². The van der Waals surface area contributed by atoms with Crippen LogP contribution in [0, 0.1) is 23.0 Å². The molecule has 2 N–H and O–H groups in total. The van der Waals surface area contributed by atoms with Gasteiger partial charge in [-0.25, -0.2) is 13.5 Å². The number of nitrogens with zero attached hydrogens (tertiary/aromatic N) is 5. The molecule has 6 nitrogen and oxygen atoms in total. The van der Waals surface area contributed by atoms with E-state index in [-0.39, 0.29) is 24.2 Å². The summed E-state index contributed by atoms with van der Waals surface area (Å²) >= 11 is 0. The van der Waals surface area contributed by atoms with Crippen molar-refractivity contribution in [1.29, 1.82) is 5.26 Å². The molecule has 1 aromatic heterocycles. The van der Waals surface area contributed by atoms with E-state index in [9.17, 15) is 8.78 Å². The van der Waals surface area contributed by atoms with Crippen LogP contribution in [0.1, 0.15) is 11.1 Å². The summed E-state index contributed by atoms with van der Waals surface area (Å²) < 4.78 is 29.6. The number of nitriles is 1. The summed E-state index contributed by atoms with van der Waals surface area (Å²) in [5, 5.41) is 18.2. The third kappa shape index (κ3) is 3.55. The highest BCUT2D eigenvalue weighted by Gasteiger charge is 2.14. The van der Waals surface area contributed by atoms with Crippen molar-refractivity contribution in [3.8, 4) is 6.07 Å². The fraction of sp³-hybridized carbons (Fsp3) is 0.118. The van der Waals surface area contributed by atoms with Gasteiger partial charge in [0.15, 0.2) is 0 Å². The highest BCUT2D eigenvalue weighted by atomic mass is 19.1. The number of hydrogen-bond donors (Lipinski definition) is 1. The topological polar surface area (TPSA) is 83.8 Å². The first-order valence-corrected chi connectivity index (χ1v) is 7.44. The number of nitrogens with two attached hydrogens (primary N) is 1. The first kappa shape index (κ1) is 16.4. The van der Waals surface area contributed by atoms with E-state index in [0.29, 0.717) is 5.56 Å². The largest absolute Gasteiger partial charge is 0.399 e. The van der Waals surface area contributed by atoms with E-state index in [0.717, 1.165) is 17.8 Å². The number of aromatic nitrogens is 3. The Kier molecular flexibility index (Phi) is 4.57. The average molecular weight is 340 g/mol. The molecule has 0 saturated heterocycles. The van der Waals surface area contributed by atoms with Gasteiger partial charge in [-0.15, -0.1) is 10.2 Å². The molecular weight excluding hydrogens is 326 g/mol. The molecule has 2 aromatic carbocycles. The minimum absolute atomic E-state index is 0.0408. The summed E-state index contributed by atoms with van der Waals surface area (Å²) in [6.07, 6.45) is 3.07. The molecule has 0 amide bonds. The molecule has 0 unspecified atom stereocenters. The van der Waals surface area contributed by atoms with E-state index in [1.54, 1.807) is 34.0 Å². The summed E-state index contributed by atoms with van der Waals surface area (Å²) in [4.78, 5) is 0. The molecule has 0 fully saturated rings. The van der Waals surface area contributed by atoms with Gasteiger partial charge in [0.05, 0.1) is 17.3 Å². The maximum atomic E-state index is 14.0. The lowest BCUT2D eigenvalue weighted by Crippen LogP contribution is -2.31. The second-order valence-electron chi connectivity index (χ2n) is 5.34. The van der Waals surface area contributed by atoms with Crippen molar-refractivity contribution in [2.75, 3.05) is 17.3 Å². The summed E-state index contributed by atoms with van der Waals surface area (Å²) in [7, 11) is 0. The predicted molar refractivity (Wildman–Crippen MR) is 88.4 cm³/mol. The minimum atomic E-state index is -0.680. The molecule has 0 atom stereocenters. The number of halogens is 2. The number of anilines is 2. The van der Waals surface area contributed by atoms with E-state index in [2.05, 4.69) is 10.2 Å². The highest BCUT2D eigenvalue weighted by Crippen LogP contribution is 2.20. The molecule has 1 heterocycles. The summed E-state index contributed by atoms with van der Waals surface area (Å²) in [6.45, 7) is 0.266. The number of rotatable bonds is 5. The zero-order valence-electron chi connectivity index (χ0n) is 13.1. The fourth-order valence-corrected chi connectivity index (χ4v) is 2.49. The molecule has 126 valence electrons. The Hall–Kier alpha value is -3.47. The molecule has 0 spiro atoms. The van der Waals surface area contributed by atoms with Crippen LogP contribution < -0.4 is 10.7 Å². The van der Waals surface area contributed by atoms with E-state index in [1.807, 2.05) is 6.07 Å². The van der Waals surface area contributed by atoms with Crippen LogP contribution in [0.3, 0.4) is 0 Å². The molecule has 3 rings (SSSR count). The third-order valence-electron chi connectivity index (χ3n) is 3.72. The van der Waals surface area contributed by atoms with E-state index in [1.165, 1.54) is 12.7 Å². The van der Waals surface area contributed by atoms with Gasteiger partial charge in [0.2, 0.25) is 0 Å². The van der Waals surface area contributed by atoms with Crippen LogP contribution in [-0.2, 0) is 6.42 Å². The van der Waals surface area contributed by atoms with Crippen LogP contribution in [0.4, 0.5) is 20.2 Å². The third-order valence-corrected chi connectivity index (χ3v) is 3.72. The minimum Gasteiger partial charge on any atom is -0.399 e. The van der Waals surface area contributed by atoms with E-state index < -0.39 is 11.6 Å². The maximum absolute atomic E-state index is 14.0. The zero-order valence-corrected chi connectivity index (χ0v) is 13.1. The van der Waals surface area contributed by atoms with Crippen molar-refractivity contribution in [1.82, 2.24) is 14.9 Å². The molecule has 0 aliphatic heterocycles. The molecule has 0 aliphatic carbocycles. The smallest absolute Gasteiger partial charge is 0.139 e. The van der Waals surface area contributed by atoms with Gasteiger partial charge in [-0.3, -0.25) is 5.01 Å². The van der Waals surface area contributed by atoms with Crippen molar-refractivity contribution in [2.24, 2.45) is 0 Å². The van der Waals surface area contributed by atoms with Gasteiger partial charge in [0.1, 0.15) is 24.3 Å². The standard InChI is InChI=1S/C17H14F2N6/c18-16-7-13(21)8-17(19)15(16)5-6-25(24-10-22-23-11-24)14-3-1-12(9-20)2-4-14/h1-4,7-8,10-11H,5-6,21H2. The second kappa shape index (κ2) is 6.97. The summed E-state index contributed by atoms with van der Waals surface area (Å²) in [5.41, 5.74) is 6.69. The van der Waals surface area contributed by atoms with Crippen LogP contribution in [0.2, 0.25) is 0 Å². The first-order chi connectivity index (χ1) is 12.1. The van der Waals surface area contributed by atoms with Crippen molar-refractivity contribution in [3.63, 3.8) is 0 Å². The lowest BCUT2D eigenvalue weighted by atomic mass is 10.1. The van der Waals surface area contributed by atoms with Crippen LogP contribution >= 0.6 is 0 Å². The number of nitrogen functional groups attached to an aromatic ring is 1. The summed E-state index contributed by atoms with van der Waals surface area (Å²) in [5.74, 6) is -1.36. The van der Waals surface area contributed by atoms with E-state index in [4.69, 9.17) is 11.0 Å². The van der Waals surface area contributed by atoms with Crippen LogP contribution in [0.15, 0.2) is 49.1 Å². The zero-order chi connectivity index (χ0) is 17.8. The van der Waals surface area contributed by atoms with Gasteiger partial charge in [0, 0.05) is 17.8 Å². The molecule has 0 radical (unpaired) electrons. The van der Waals surface area contributed by atoms with Crippen LogP contribution in [0.25, 0.3) is 0 Å². The van der Waals surface area contributed by atoms with Crippen molar-refractivity contribution < 1.29 is 8.78 Å². The monoisotopic (exact) mass is 340 g/mol. The van der Waals surface area contributed by atoms with Gasteiger partial charge in [-0.2, -0.15) is 5.26 Å². The lowest BCUT2D eigenvalue weighted by Gasteiger charge is -2.25. The quantitative estimate of drug-likeness (QED) is 0.722.